The topological polar surface area (TPSA) is 67.4 Å². The van der Waals surface area contributed by atoms with Crippen molar-refractivity contribution in [2.24, 2.45) is 0 Å². The average Bonchev–Trinajstić information content (AvgIpc) is 2.44. The number of nitrogens with one attached hydrogen (secondary N) is 2. The Bertz CT molecular complexity index is 518. The minimum atomic E-state index is -0.537. The molecule has 1 aromatic carbocycles. The maximum Gasteiger partial charge on any atom is 0.407 e. The highest BCUT2D eigenvalue weighted by Crippen LogP contribution is 2.17. The van der Waals surface area contributed by atoms with Gasteiger partial charge in [0.15, 0.2) is 0 Å². The average molecular weight is 320 g/mol. The van der Waals surface area contributed by atoms with Crippen molar-refractivity contribution in [1.82, 2.24) is 10.6 Å². The van der Waals surface area contributed by atoms with E-state index in [4.69, 9.17) is 4.74 Å². The van der Waals surface area contributed by atoms with E-state index in [1.165, 1.54) is 5.56 Å². The molecule has 5 nitrogen and oxygen atoms in total. The Morgan fingerprint density at radius 2 is 1.78 bits per heavy atom. The first-order valence-corrected chi connectivity index (χ1v) is 8.04. The number of rotatable bonds is 6. The van der Waals surface area contributed by atoms with Crippen LogP contribution in [0.15, 0.2) is 24.3 Å². The van der Waals surface area contributed by atoms with Crippen molar-refractivity contribution in [2.75, 3.05) is 6.54 Å². The summed E-state index contributed by atoms with van der Waals surface area (Å²) in [6.45, 7) is 9.71. The molecule has 0 spiro atoms. The lowest BCUT2D eigenvalue weighted by atomic mass is 10.0. The number of ether oxygens (including phenoxy) is 1. The Balaban J connectivity index is 2.40. The van der Waals surface area contributed by atoms with E-state index in [-0.39, 0.29) is 24.9 Å². The van der Waals surface area contributed by atoms with Crippen molar-refractivity contribution in [3.05, 3.63) is 35.4 Å². The molecule has 0 aromatic heterocycles. The van der Waals surface area contributed by atoms with Crippen LogP contribution in [0.4, 0.5) is 4.79 Å². The summed E-state index contributed by atoms with van der Waals surface area (Å²) in [6, 6.07) is 8.12. The second kappa shape index (κ2) is 8.56. The molecule has 0 aliphatic carbocycles. The van der Waals surface area contributed by atoms with Crippen LogP contribution in [0.3, 0.4) is 0 Å². The van der Waals surface area contributed by atoms with Crippen molar-refractivity contribution in [3.8, 4) is 0 Å². The fourth-order valence-corrected chi connectivity index (χ4v) is 2.08. The van der Waals surface area contributed by atoms with Crippen LogP contribution < -0.4 is 10.6 Å². The van der Waals surface area contributed by atoms with Gasteiger partial charge in [0.25, 0.3) is 0 Å². The molecule has 1 aromatic rings. The van der Waals surface area contributed by atoms with E-state index in [2.05, 4.69) is 10.6 Å². The van der Waals surface area contributed by atoms with Gasteiger partial charge in [0.2, 0.25) is 5.91 Å². The number of amides is 2. The van der Waals surface area contributed by atoms with Crippen molar-refractivity contribution in [1.29, 1.82) is 0 Å². The molecule has 2 amide bonds. The summed E-state index contributed by atoms with van der Waals surface area (Å²) < 4.78 is 5.12. The predicted octanol–water partition coefficient (Wildman–Crippen LogP) is 3.48. The van der Waals surface area contributed by atoms with Crippen LogP contribution in [0.1, 0.15) is 57.7 Å². The monoisotopic (exact) mass is 320 g/mol. The van der Waals surface area contributed by atoms with Gasteiger partial charge in [-0.25, -0.2) is 4.79 Å². The maximum absolute atomic E-state index is 12.0. The third-order valence-electron chi connectivity index (χ3n) is 3.24. The molecular weight excluding hydrogens is 292 g/mol. The Morgan fingerprint density at radius 1 is 1.17 bits per heavy atom. The molecule has 5 heteroatoms. The van der Waals surface area contributed by atoms with Gasteiger partial charge in [-0.1, -0.05) is 36.8 Å². The molecule has 0 saturated carbocycles. The number of aryl methyl sites for hydroxylation is 1. The van der Waals surface area contributed by atoms with Gasteiger partial charge in [-0.05, 0) is 39.7 Å². The first-order valence-electron chi connectivity index (χ1n) is 8.04. The Morgan fingerprint density at radius 3 is 2.30 bits per heavy atom. The number of alkyl carbamates (subject to hydrolysis) is 1. The molecule has 0 heterocycles. The summed E-state index contributed by atoms with van der Waals surface area (Å²) in [4.78, 5) is 23.5. The lowest BCUT2D eigenvalue weighted by molar-refractivity contribution is -0.121. The van der Waals surface area contributed by atoms with Crippen LogP contribution in [-0.4, -0.2) is 24.1 Å². The number of hydrogen-bond donors (Lipinski definition) is 2. The zero-order valence-corrected chi connectivity index (χ0v) is 14.7. The van der Waals surface area contributed by atoms with E-state index in [9.17, 15) is 9.59 Å². The van der Waals surface area contributed by atoms with Crippen molar-refractivity contribution in [3.63, 3.8) is 0 Å². The summed E-state index contributed by atoms with van der Waals surface area (Å²) in [5, 5.41) is 5.58. The number of benzene rings is 1. The quantitative estimate of drug-likeness (QED) is 0.843. The molecule has 2 N–H and O–H groups in total. The zero-order valence-electron chi connectivity index (χ0n) is 14.7. The van der Waals surface area contributed by atoms with Gasteiger partial charge in [0, 0.05) is 13.0 Å². The molecule has 0 unspecified atom stereocenters. The molecule has 0 saturated heterocycles. The van der Waals surface area contributed by atoms with E-state index in [1.54, 1.807) is 20.8 Å². The van der Waals surface area contributed by atoms with Crippen molar-refractivity contribution >= 4 is 12.0 Å². The number of carbonyl (C=O) groups is 2. The van der Waals surface area contributed by atoms with Crippen LogP contribution in [0.5, 0.6) is 0 Å². The minimum Gasteiger partial charge on any atom is -0.444 e. The van der Waals surface area contributed by atoms with E-state index in [0.29, 0.717) is 0 Å². The summed E-state index contributed by atoms with van der Waals surface area (Å²) >= 11 is 0. The molecule has 0 radical (unpaired) electrons. The van der Waals surface area contributed by atoms with Gasteiger partial charge in [-0.3, -0.25) is 4.79 Å². The smallest absolute Gasteiger partial charge is 0.407 e. The molecule has 0 aliphatic rings. The summed E-state index contributed by atoms with van der Waals surface area (Å²) in [5.74, 6) is -0.0894. The molecule has 0 bridgehead atoms. The van der Waals surface area contributed by atoms with E-state index >= 15 is 0 Å². The third kappa shape index (κ3) is 7.68. The summed E-state index contributed by atoms with van der Waals surface area (Å²) in [5.41, 5.74) is 1.74. The molecular formula is C18H28N2O3. The second-order valence-electron chi connectivity index (χ2n) is 6.62. The van der Waals surface area contributed by atoms with Crippen LogP contribution in [0.25, 0.3) is 0 Å². The highest BCUT2D eigenvalue weighted by Gasteiger charge is 2.16. The number of carbonyl (C=O) groups excluding carboxylic acids is 2. The Hall–Kier alpha value is -2.04. The fraction of sp³-hybridized carbons (Fsp3) is 0.556. The van der Waals surface area contributed by atoms with Crippen LogP contribution >= 0.6 is 0 Å². The zero-order chi connectivity index (χ0) is 17.5. The lowest BCUT2D eigenvalue weighted by Crippen LogP contribution is -2.35. The molecule has 0 fully saturated rings. The van der Waals surface area contributed by atoms with Crippen molar-refractivity contribution in [2.45, 2.75) is 59.1 Å². The molecule has 23 heavy (non-hydrogen) atoms. The van der Waals surface area contributed by atoms with Crippen LogP contribution in [0.2, 0.25) is 0 Å². The summed E-state index contributed by atoms with van der Waals surface area (Å²) in [6.07, 6.45) is 0.534. The highest BCUT2D eigenvalue weighted by molar-refractivity contribution is 5.77. The summed E-state index contributed by atoms with van der Waals surface area (Å²) in [7, 11) is 0. The van der Waals surface area contributed by atoms with Crippen molar-refractivity contribution < 1.29 is 14.3 Å². The van der Waals surface area contributed by atoms with Gasteiger partial charge in [-0.15, -0.1) is 0 Å². The maximum atomic E-state index is 12.0. The normalized spacial score (nSPS) is 12.4. The van der Waals surface area contributed by atoms with E-state index < -0.39 is 11.7 Å². The lowest BCUT2D eigenvalue weighted by Gasteiger charge is -2.20. The van der Waals surface area contributed by atoms with E-state index in [1.807, 2.05) is 38.1 Å². The van der Waals surface area contributed by atoms with Gasteiger partial charge >= 0.3 is 6.09 Å². The Labute approximate surface area is 138 Å². The van der Waals surface area contributed by atoms with E-state index in [0.717, 1.165) is 12.0 Å². The van der Waals surface area contributed by atoms with Gasteiger partial charge in [0.1, 0.15) is 5.60 Å². The second-order valence-corrected chi connectivity index (χ2v) is 6.62. The fourth-order valence-electron chi connectivity index (χ4n) is 2.08. The van der Waals surface area contributed by atoms with Gasteiger partial charge in [0.05, 0.1) is 6.04 Å². The van der Waals surface area contributed by atoms with Crippen LogP contribution in [0, 0.1) is 6.92 Å². The van der Waals surface area contributed by atoms with Crippen LogP contribution in [-0.2, 0) is 9.53 Å². The highest BCUT2D eigenvalue weighted by atomic mass is 16.6. The Kier molecular flexibility index (Phi) is 7.07. The largest absolute Gasteiger partial charge is 0.444 e. The SMILES string of the molecule is CC[C@H](NC(=O)CCNC(=O)OC(C)(C)C)c1ccc(C)cc1. The first kappa shape index (κ1) is 19.0. The third-order valence-corrected chi connectivity index (χ3v) is 3.24. The molecule has 1 atom stereocenters. The van der Waals surface area contributed by atoms with Gasteiger partial charge in [-0.2, -0.15) is 0 Å². The molecule has 0 aliphatic heterocycles. The standard InChI is InChI=1S/C18H28N2O3/c1-6-15(14-9-7-13(2)8-10-14)20-16(21)11-12-19-17(22)23-18(3,4)5/h7-10,15H,6,11-12H2,1-5H3,(H,19,22)(H,20,21)/t15-/m0/s1. The molecule has 1 rings (SSSR count). The predicted molar refractivity (Wildman–Crippen MR) is 91.2 cm³/mol. The van der Waals surface area contributed by atoms with Gasteiger partial charge < -0.3 is 15.4 Å². The minimum absolute atomic E-state index is 0.00960. The first-order chi connectivity index (χ1) is 10.7. The molecule has 128 valence electrons. The number of hydrogen-bond acceptors (Lipinski definition) is 3.